The molecule has 0 spiro atoms. The number of pyridine rings is 1. The molecular weight excluding hydrogens is 494 g/mol. The first-order valence-electron chi connectivity index (χ1n) is 11.6. The maximum atomic E-state index is 13.5. The number of nitrogens with one attached hydrogen (secondary N) is 1. The quantitative estimate of drug-likeness (QED) is 0.398. The number of fused-ring (bicyclic) bond motifs is 1. The molecule has 37 heavy (non-hydrogen) atoms. The van der Waals surface area contributed by atoms with Crippen LogP contribution in [-0.4, -0.2) is 53.6 Å². The summed E-state index contributed by atoms with van der Waals surface area (Å²) in [5, 5.41) is 8.03. The molecule has 0 radical (unpaired) electrons. The minimum absolute atomic E-state index is 0.0224. The molecule has 3 N–H and O–H groups in total. The number of benzene rings is 2. The molecule has 1 atom stereocenters. The molecule has 1 saturated heterocycles. The molecular formula is C26H25N5O5S. The second-order valence-corrected chi connectivity index (χ2v) is 11.2. The number of rotatable bonds is 6. The van der Waals surface area contributed by atoms with Gasteiger partial charge in [-0.25, -0.2) is 18.1 Å². The van der Waals surface area contributed by atoms with Crippen LogP contribution >= 0.6 is 0 Å². The van der Waals surface area contributed by atoms with Crippen LogP contribution in [0.25, 0.3) is 22.3 Å². The number of anilines is 1. The predicted molar refractivity (Wildman–Crippen MR) is 139 cm³/mol. The van der Waals surface area contributed by atoms with Crippen LogP contribution < -0.4 is 15.8 Å². The highest BCUT2D eigenvalue weighted by Gasteiger charge is 2.32. The Bertz CT molecular complexity index is 1630. The lowest BCUT2D eigenvalue weighted by molar-refractivity contribution is 0.0998. The molecule has 2 aromatic heterocycles. The van der Waals surface area contributed by atoms with Crippen molar-refractivity contribution in [2.75, 3.05) is 23.9 Å². The second-order valence-electron chi connectivity index (χ2n) is 8.96. The third-order valence-corrected chi connectivity index (χ3v) is 8.20. The van der Waals surface area contributed by atoms with E-state index >= 15 is 0 Å². The Labute approximate surface area is 213 Å². The molecule has 5 rings (SSSR count). The van der Waals surface area contributed by atoms with Crippen molar-refractivity contribution in [3.63, 3.8) is 0 Å². The Balaban J connectivity index is 1.63. The Morgan fingerprint density at radius 3 is 2.41 bits per heavy atom. The van der Waals surface area contributed by atoms with Gasteiger partial charge in [0, 0.05) is 16.8 Å². The van der Waals surface area contributed by atoms with Gasteiger partial charge in [-0.3, -0.25) is 9.59 Å². The number of carbonyl (C=O) groups is 2. The zero-order chi connectivity index (χ0) is 26.3. The number of amides is 2. The smallest absolute Gasteiger partial charge is 0.256 e. The summed E-state index contributed by atoms with van der Waals surface area (Å²) >= 11 is 0. The molecule has 1 unspecified atom stereocenters. The molecule has 4 aromatic rings. The maximum absolute atomic E-state index is 13.5. The number of primary amides is 1. The minimum Gasteiger partial charge on any atom is -0.497 e. The fourth-order valence-electron chi connectivity index (χ4n) is 4.54. The largest absolute Gasteiger partial charge is 0.497 e. The highest BCUT2D eigenvalue weighted by atomic mass is 32.2. The van der Waals surface area contributed by atoms with E-state index in [1.165, 1.54) is 12.1 Å². The van der Waals surface area contributed by atoms with Crippen molar-refractivity contribution in [1.29, 1.82) is 0 Å². The van der Waals surface area contributed by atoms with E-state index in [9.17, 15) is 18.0 Å². The number of methoxy groups -OCH3 is 1. The Morgan fingerprint density at radius 1 is 1.11 bits per heavy atom. The van der Waals surface area contributed by atoms with Crippen LogP contribution in [0.5, 0.6) is 5.75 Å². The van der Waals surface area contributed by atoms with Crippen LogP contribution in [-0.2, 0) is 9.84 Å². The van der Waals surface area contributed by atoms with Crippen LogP contribution in [0.4, 0.5) is 5.69 Å². The van der Waals surface area contributed by atoms with Gasteiger partial charge in [0.05, 0.1) is 47.0 Å². The molecule has 0 aliphatic carbocycles. The summed E-state index contributed by atoms with van der Waals surface area (Å²) in [4.78, 5) is 29.7. The zero-order valence-corrected chi connectivity index (χ0v) is 21.1. The summed E-state index contributed by atoms with van der Waals surface area (Å²) in [6.07, 6.45) is 0.431. The second kappa shape index (κ2) is 9.32. The molecule has 11 heteroatoms. The van der Waals surface area contributed by atoms with Gasteiger partial charge in [0.25, 0.3) is 5.91 Å². The molecule has 190 valence electrons. The van der Waals surface area contributed by atoms with E-state index in [2.05, 4.69) is 10.4 Å². The summed E-state index contributed by atoms with van der Waals surface area (Å²) in [6.45, 7) is 1.77. The first-order valence-corrected chi connectivity index (χ1v) is 13.4. The van der Waals surface area contributed by atoms with Crippen LogP contribution in [0.3, 0.4) is 0 Å². The average molecular weight is 520 g/mol. The standard InChI is InChI=1S/C26H25N5O5S/c1-15-23-21(26(33)28-18-7-3-17(4-8-18)24(27)32)13-22(16-5-9-20(36-2)10-6-16)29-25(23)31(30-15)19-11-12-37(34,35)14-19/h3-10,13,19H,11-12,14H2,1-2H3,(H2,27,32)(H,28,33). The van der Waals surface area contributed by atoms with Crippen LogP contribution in [0, 0.1) is 6.92 Å². The van der Waals surface area contributed by atoms with Gasteiger partial charge >= 0.3 is 0 Å². The SMILES string of the molecule is COc1ccc(-c2cc(C(=O)Nc3ccc(C(N)=O)cc3)c3c(C)nn(C4CCS(=O)(=O)C4)c3n2)cc1. The van der Waals surface area contributed by atoms with E-state index in [0.717, 1.165) is 5.56 Å². The van der Waals surface area contributed by atoms with Crippen LogP contribution in [0.1, 0.15) is 38.9 Å². The highest BCUT2D eigenvalue weighted by molar-refractivity contribution is 7.91. The fourth-order valence-corrected chi connectivity index (χ4v) is 6.23. The van der Waals surface area contributed by atoms with Crippen molar-refractivity contribution >= 4 is 38.4 Å². The Hall–Kier alpha value is -4.25. The number of sulfone groups is 1. The summed E-state index contributed by atoms with van der Waals surface area (Å²) in [5.41, 5.74) is 8.78. The number of nitrogens with two attached hydrogens (primary N) is 1. The lowest BCUT2D eigenvalue weighted by Crippen LogP contribution is -2.15. The lowest BCUT2D eigenvalue weighted by atomic mass is 10.0. The van der Waals surface area contributed by atoms with Crippen molar-refractivity contribution in [3.05, 3.63) is 71.4 Å². The lowest BCUT2D eigenvalue weighted by Gasteiger charge is -2.13. The van der Waals surface area contributed by atoms with Crippen molar-refractivity contribution in [1.82, 2.24) is 14.8 Å². The summed E-state index contributed by atoms with van der Waals surface area (Å²) in [6, 6.07) is 14.9. The normalized spacial score (nSPS) is 16.5. The number of hydrogen-bond donors (Lipinski definition) is 2. The maximum Gasteiger partial charge on any atom is 0.256 e. The molecule has 2 amide bonds. The third kappa shape index (κ3) is 4.77. The van der Waals surface area contributed by atoms with Gasteiger partial charge in [-0.05, 0) is 67.9 Å². The molecule has 1 aliphatic heterocycles. The molecule has 1 aliphatic rings. The Morgan fingerprint density at radius 2 is 1.81 bits per heavy atom. The molecule has 2 aromatic carbocycles. The monoisotopic (exact) mass is 519 g/mol. The third-order valence-electron chi connectivity index (χ3n) is 6.45. The van der Waals surface area contributed by atoms with Gasteiger partial charge in [0.1, 0.15) is 5.75 Å². The molecule has 10 nitrogen and oxygen atoms in total. The van der Waals surface area contributed by atoms with E-state index in [1.807, 2.05) is 12.1 Å². The molecule has 0 saturated carbocycles. The average Bonchev–Trinajstić information content (AvgIpc) is 3.42. The number of aryl methyl sites for hydroxylation is 1. The van der Waals surface area contributed by atoms with Gasteiger partial charge in [-0.1, -0.05) is 0 Å². The molecule has 1 fully saturated rings. The molecule has 0 bridgehead atoms. The van der Waals surface area contributed by atoms with Gasteiger partial charge in [-0.15, -0.1) is 0 Å². The van der Waals surface area contributed by atoms with E-state index in [0.29, 0.717) is 51.4 Å². The number of nitrogens with zero attached hydrogens (tertiary/aromatic N) is 3. The van der Waals surface area contributed by atoms with Gasteiger partial charge < -0.3 is 15.8 Å². The van der Waals surface area contributed by atoms with Crippen molar-refractivity contribution in [2.45, 2.75) is 19.4 Å². The van der Waals surface area contributed by atoms with Crippen molar-refractivity contribution in [3.8, 4) is 17.0 Å². The van der Waals surface area contributed by atoms with Gasteiger partial charge in [0.15, 0.2) is 15.5 Å². The first kappa shape index (κ1) is 24.4. The van der Waals surface area contributed by atoms with Crippen molar-refractivity contribution < 1.29 is 22.7 Å². The first-order chi connectivity index (χ1) is 17.6. The van der Waals surface area contributed by atoms with Crippen LogP contribution in [0.2, 0.25) is 0 Å². The van der Waals surface area contributed by atoms with Gasteiger partial charge in [0.2, 0.25) is 5.91 Å². The summed E-state index contributed by atoms with van der Waals surface area (Å²) < 4.78 is 31.3. The predicted octanol–water partition coefficient (Wildman–Crippen LogP) is 3.13. The number of hydrogen-bond acceptors (Lipinski definition) is 7. The Kier molecular flexibility index (Phi) is 6.16. The van der Waals surface area contributed by atoms with Gasteiger partial charge in [-0.2, -0.15) is 5.10 Å². The van der Waals surface area contributed by atoms with E-state index < -0.39 is 21.7 Å². The van der Waals surface area contributed by atoms with E-state index in [4.69, 9.17) is 15.5 Å². The zero-order valence-electron chi connectivity index (χ0n) is 20.3. The fraction of sp³-hybridized carbons (Fsp3) is 0.231. The van der Waals surface area contributed by atoms with E-state index in [1.54, 1.807) is 49.0 Å². The van der Waals surface area contributed by atoms with Crippen LogP contribution in [0.15, 0.2) is 54.6 Å². The van der Waals surface area contributed by atoms with Crippen molar-refractivity contribution in [2.24, 2.45) is 5.73 Å². The number of ether oxygens (including phenoxy) is 1. The number of carbonyl (C=O) groups excluding carboxylic acids is 2. The summed E-state index contributed by atoms with van der Waals surface area (Å²) in [7, 11) is -1.59. The number of aromatic nitrogens is 3. The summed E-state index contributed by atoms with van der Waals surface area (Å²) in [5.74, 6) is -0.208. The van der Waals surface area contributed by atoms with E-state index in [-0.39, 0.29) is 17.5 Å². The molecule has 3 heterocycles. The highest BCUT2D eigenvalue weighted by Crippen LogP contribution is 2.33. The minimum atomic E-state index is -3.16. The topological polar surface area (TPSA) is 146 Å².